The van der Waals surface area contributed by atoms with Crippen molar-refractivity contribution in [1.82, 2.24) is 0 Å². The van der Waals surface area contributed by atoms with E-state index < -0.39 is 73.6 Å². The van der Waals surface area contributed by atoms with E-state index in [0.717, 1.165) is 25.7 Å². The van der Waals surface area contributed by atoms with Crippen LogP contribution in [0.5, 0.6) is 0 Å². The predicted octanol–water partition coefficient (Wildman–Crippen LogP) is 2.65. The predicted molar refractivity (Wildman–Crippen MR) is 164 cm³/mol. The van der Waals surface area contributed by atoms with E-state index in [1.165, 1.54) is 0 Å². The molecule has 14 nitrogen and oxygen atoms in total. The van der Waals surface area contributed by atoms with Gasteiger partial charge in [-0.15, -0.1) is 0 Å². The van der Waals surface area contributed by atoms with Crippen LogP contribution in [0.3, 0.4) is 0 Å². The molecular formula is C26H48Na2O14S2. The maximum atomic E-state index is 11.9. The minimum Gasteiger partial charge on any atom is -0.466 e. The summed E-state index contributed by atoms with van der Waals surface area (Å²) in [5.74, 6) is -3.98. The van der Waals surface area contributed by atoms with E-state index >= 15 is 0 Å². The maximum absolute atomic E-state index is 11.9. The molecule has 0 aromatic rings. The monoisotopic (exact) mass is 694 g/mol. The molecule has 0 aromatic heterocycles. The summed E-state index contributed by atoms with van der Waals surface area (Å²) in [4.78, 5) is 46.5. The molecule has 0 heterocycles. The fourth-order valence-electron chi connectivity index (χ4n) is 3.20. The second-order valence-electron chi connectivity index (χ2n) is 9.64. The fraction of sp³-hybridized carbons (Fsp3) is 0.846. The summed E-state index contributed by atoms with van der Waals surface area (Å²) in [6.45, 7) is 11.1. The average molecular weight is 695 g/mol. The van der Waals surface area contributed by atoms with Crippen molar-refractivity contribution in [3.05, 3.63) is 0 Å². The molecule has 250 valence electrons. The molecule has 4 unspecified atom stereocenters. The van der Waals surface area contributed by atoms with Gasteiger partial charge in [0, 0.05) is 59.1 Å². The van der Waals surface area contributed by atoms with Crippen LogP contribution in [0, 0.1) is 0 Å². The standard InChI is InChI=1S/C14H26O7S.C12H22O7S.2Na/c1-5-7-10(3)20-13(15)9-12(22(17,18)19)14(16)21-11(4)8-6-2;1-3-5-7-18-11(13)9-10(20(15,16)17)12(14)19-8-6-4-2;;/h10-12H,5-9H2,1-4H3,(H,17,18,19);10H,3-9H2,1-2H3,(H,15,16,17);;. The zero-order valence-corrected chi connectivity index (χ0v) is 33.0. The summed E-state index contributed by atoms with van der Waals surface area (Å²) in [6.07, 6.45) is 3.16. The van der Waals surface area contributed by atoms with Gasteiger partial charge in [0.25, 0.3) is 20.2 Å². The van der Waals surface area contributed by atoms with Gasteiger partial charge in [-0.1, -0.05) is 53.4 Å². The molecule has 0 aliphatic rings. The number of hydrogen-bond donors (Lipinski definition) is 2. The molecule has 4 atom stereocenters. The van der Waals surface area contributed by atoms with Crippen LogP contribution in [0.1, 0.15) is 106 Å². The van der Waals surface area contributed by atoms with Gasteiger partial charge in [0.2, 0.25) is 0 Å². The molecule has 0 rings (SSSR count). The third-order valence-electron chi connectivity index (χ3n) is 5.49. The summed E-state index contributed by atoms with van der Waals surface area (Å²) < 4.78 is 82.4. The van der Waals surface area contributed by atoms with Gasteiger partial charge in [-0.05, 0) is 39.5 Å². The summed E-state index contributed by atoms with van der Waals surface area (Å²) in [5.41, 5.74) is 0. The van der Waals surface area contributed by atoms with Crippen LogP contribution in [-0.2, 0) is 58.4 Å². The summed E-state index contributed by atoms with van der Waals surface area (Å²) in [6, 6.07) is 0. The smallest absolute Gasteiger partial charge is 0.327 e. The maximum Gasteiger partial charge on any atom is 0.327 e. The first kappa shape index (κ1) is 50.6. The Morgan fingerprint density at radius 1 is 0.591 bits per heavy atom. The van der Waals surface area contributed by atoms with Gasteiger partial charge in [-0.3, -0.25) is 28.3 Å². The molecule has 0 fully saturated rings. The second-order valence-corrected chi connectivity index (χ2v) is 12.8. The summed E-state index contributed by atoms with van der Waals surface area (Å²) >= 11 is 0. The SMILES string of the molecule is CCCC(C)OC(=O)CC(C(=O)OC(C)CCC)S(=O)(=O)O.CCCCOC(=O)CC(C(=O)OCCCC)S(=O)(=O)O.[Na].[Na]. The van der Waals surface area contributed by atoms with Crippen LogP contribution in [0.4, 0.5) is 0 Å². The fourth-order valence-corrected chi connectivity index (χ4v) is 4.50. The Kier molecular flexibility index (Phi) is 31.9. The molecule has 0 amide bonds. The first-order chi connectivity index (χ1) is 19.4. The molecule has 0 aliphatic carbocycles. The van der Waals surface area contributed by atoms with E-state index in [0.29, 0.717) is 25.7 Å². The largest absolute Gasteiger partial charge is 0.466 e. The molecule has 0 saturated heterocycles. The van der Waals surface area contributed by atoms with Gasteiger partial charge >= 0.3 is 23.9 Å². The van der Waals surface area contributed by atoms with Crippen LogP contribution in [-0.4, -0.2) is 145 Å². The number of hydrogen-bond acceptors (Lipinski definition) is 12. The quantitative estimate of drug-likeness (QED) is 0.0617. The van der Waals surface area contributed by atoms with E-state index in [2.05, 4.69) is 0 Å². The first-order valence-electron chi connectivity index (χ1n) is 14.1. The minimum atomic E-state index is -4.74. The topological polar surface area (TPSA) is 214 Å². The van der Waals surface area contributed by atoms with Gasteiger partial charge in [0.15, 0.2) is 10.5 Å². The Bertz CT molecular complexity index is 1040. The van der Waals surface area contributed by atoms with Crippen molar-refractivity contribution >= 4 is 103 Å². The summed E-state index contributed by atoms with van der Waals surface area (Å²) in [5, 5.41) is -3.87. The van der Waals surface area contributed by atoms with Gasteiger partial charge in [-0.2, -0.15) is 16.8 Å². The number of carbonyl (C=O) groups is 4. The van der Waals surface area contributed by atoms with E-state index in [9.17, 15) is 36.0 Å². The molecule has 0 spiro atoms. The summed E-state index contributed by atoms with van der Waals surface area (Å²) in [7, 11) is -9.45. The van der Waals surface area contributed by atoms with Gasteiger partial charge in [0.05, 0.1) is 38.3 Å². The number of unbranched alkanes of at least 4 members (excludes halogenated alkanes) is 2. The van der Waals surface area contributed by atoms with Crippen molar-refractivity contribution in [1.29, 1.82) is 0 Å². The van der Waals surface area contributed by atoms with Crippen molar-refractivity contribution in [2.24, 2.45) is 0 Å². The molecule has 2 N–H and O–H groups in total. The molecule has 0 bridgehead atoms. The second kappa shape index (κ2) is 27.8. The van der Waals surface area contributed by atoms with E-state index in [4.69, 9.17) is 28.1 Å². The van der Waals surface area contributed by atoms with Crippen LogP contribution in [0.25, 0.3) is 0 Å². The van der Waals surface area contributed by atoms with Crippen molar-refractivity contribution in [2.75, 3.05) is 13.2 Å². The molecule has 44 heavy (non-hydrogen) atoms. The molecule has 0 aromatic carbocycles. The van der Waals surface area contributed by atoms with E-state index in [1.54, 1.807) is 13.8 Å². The number of rotatable bonds is 20. The molecular weight excluding hydrogens is 646 g/mol. The normalized spacial score (nSPS) is 13.6. The van der Waals surface area contributed by atoms with Gasteiger partial charge in [0.1, 0.15) is 0 Å². The van der Waals surface area contributed by atoms with Crippen LogP contribution in [0.2, 0.25) is 0 Å². The van der Waals surface area contributed by atoms with Crippen molar-refractivity contribution in [2.45, 2.75) is 128 Å². The third kappa shape index (κ3) is 25.8. The van der Waals surface area contributed by atoms with E-state index in [1.807, 2.05) is 27.7 Å². The Morgan fingerprint density at radius 3 is 1.39 bits per heavy atom. The first-order valence-corrected chi connectivity index (χ1v) is 17.1. The number of carbonyl (C=O) groups excluding carboxylic acids is 4. The molecule has 0 aliphatic heterocycles. The number of ether oxygens (including phenoxy) is 4. The average Bonchev–Trinajstić information content (AvgIpc) is 2.85. The van der Waals surface area contributed by atoms with Gasteiger partial charge < -0.3 is 18.9 Å². The Balaban J connectivity index is -0.000000349. The van der Waals surface area contributed by atoms with Gasteiger partial charge in [-0.25, -0.2) is 0 Å². The van der Waals surface area contributed by atoms with E-state index in [-0.39, 0.29) is 78.4 Å². The minimum absolute atomic E-state index is 0. The van der Waals surface area contributed by atoms with Crippen molar-refractivity contribution < 1.29 is 64.1 Å². The van der Waals surface area contributed by atoms with Crippen LogP contribution in [0.15, 0.2) is 0 Å². The van der Waals surface area contributed by atoms with Crippen LogP contribution < -0.4 is 0 Å². The Hall–Kier alpha value is -0.300. The zero-order chi connectivity index (χ0) is 32.9. The van der Waals surface area contributed by atoms with Crippen molar-refractivity contribution in [3.63, 3.8) is 0 Å². The van der Waals surface area contributed by atoms with Crippen molar-refractivity contribution in [3.8, 4) is 0 Å². The molecule has 0 saturated carbocycles. The Labute approximate surface area is 306 Å². The Morgan fingerprint density at radius 2 is 0.977 bits per heavy atom. The zero-order valence-electron chi connectivity index (χ0n) is 27.4. The molecule has 2 radical (unpaired) electrons. The van der Waals surface area contributed by atoms with Crippen LogP contribution >= 0.6 is 0 Å². The molecule has 18 heteroatoms. The number of esters is 4. The third-order valence-corrected chi connectivity index (χ3v) is 7.65.